The Morgan fingerprint density at radius 2 is 1.69 bits per heavy atom. The number of nitrogens with zero attached hydrogens (tertiary/aromatic N) is 4. The normalized spacial score (nSPS) is 17.2. The predicted molar refractivity (Wildman–Crippen MR) is 135 cm³/mol. The quantitative estimate of drug-likeness (QED) is 0.680. The van der Waals surface area contributed by atoms with E-state index in [1.807, 2.05) is 32.6 Å². The van der Waals surface area contributed by atoms with Crippen LogP contribution in [0.2, 0.25) is 0 Å². The third-order valence-corrected chi connectivity index (χ3v) is 7.16. The van der Waals surface area contributed by atoms with Crippen molar-refractivity contribution >= 4 is 22.8 Å². The van der Waals surface area contributed by atoms with Crippen LogP contribution in [0.1, 0.15) is 81.8 Å². The first-order valence-electron chi connectivity index (χ1n) is 12.9. The smallest absolute Gasteiger partial charge is 0.330 e. The maximum absolute atomic E-state index is 13.7. The Labute approximate surface area is 205 Å². The number of fused-ring (bicyclic) bond motifs is 1. The third kappa shape index (κ3) is 5.33. The van der Waals surface area contributed by atoms with E-state index in [9.17, 15) is 19.2 Å². The zero-order chi connectivity index (χ0) is 25.3. The van der Waals surface area contributed by atoms with Gasteiger partial charge >= 0.3 is 5.69 Å². The van der Waals surface area contributed by atoms with Crippen molar-refractivity contribution in [1.29, 1.82) is 0 Å². The molecule has 0 aromatic carbocycles. The molecule has 0 bridgehead atoms. The van der Waals surface area contributed by atoms with Gasteiger partial charge in [-0.2, -0.15) is 0 Å². The third-order valence-electron chi connectivity index (χ3n) is 7.16. The minimum absolute atomic E-state index is 0.0233. The van der Waals surface area contributed by atoms with E-state index in [-0.39, 0.29) is 40.6 Å². The lowest BCUT2D eigenvalue weighted by molar-refractivity contribution is -0.131. The summed E-state index contributed by atoms with van der Waals surface area (Å²) in [5.74, 6) is 0.461. The van der Waals surface area contributed by atoms with Crippen molar-refractivity contribution in [3.63, 3.8) is 0 Å². The number of nitrogens with one attached hydrogen (secondary N) is 1. The van der Waals surface area contributed by atoms with Gasteiger partial charge in [0, 0.05) is 44.8 Å². The number of carbonyl (C=O) groups excluding carboxylic acids is 2. The SMILES string of the molecule is CC(C)Cn1c(=O)[nH]c(=O)c2c(C(=O)N3CCC(CC(=O)N4CCCC4)CC3)cc(C(C)C)nc21. The second-order valence-electron chi connectivity index (χ2n) is 10.7. The number of hydrogen-bond donors (Lipinski definition) is 1. The molecule has 4 heterocycles. The number of H-pyrrole nitrogens is 1. The molecule has 2 aliphatic rings. The molecule has 0 unspecified atom stereocenters. The van der Waals surface area contributed by atoms with E-state index < -0.39 is 11.2 Å². The average molecular weight is 484 g/mol. The van der Waals surface area contributed by atoms with E-state index in [4.69, 9.17) is 0 Å². The van der Waals surface area contributed by atoms with Gasteiger partial charge in [0.2, 0.25) is 5.91 Å². The van der Waals surface area contributed by atoms with E-state index in [1.165, 1.54) is 4.57 Å². The lowest BCUT2D eigenvalue weighted by Gasteiger charge is -2.32. The first-order chi connectivity index (χ1) is 16.7. The summed E-state index contributed by atoms with van der Waals surface area (Å²) in [5, 5.41) is 0.172. The van der Waals surface area contributed by atoms with E-state index >= 15 is 0 Å². The highest BCUT2D eigenvalue weighted by molar-refractivity contribution is 6.05. The first-order valence-corrected chi connectivity index (χ1v) is 12.9. The molecule has 2 amide bonds. The highest BCUT2D eigenvalue weighted by Gasteiger charge is 2.29. The van der Waals surface area contributed by atoms with Crippen molar-refractivity contribution in [2.24, 2.45) is 11.8 Å². The van der Waals surface area contributed by atoms with Crippen LogP contribution in [0.15, 0.2) is 15.7 Å². The van der Waals surface area contributed by atoms with Crippen LogP contribution < -0.4 is 11.2 Å². The summed E-state index contributed by atoms with van der Waals surface area (Å²) >= 11 is 0. The zero-order valence-electron chi connectivity index (χ0n) is 21.3. The molecule has 2 aromatic heterocycles. The molecular weight excluding hydrogens is 446 g/mol. The van der Waals surface area contributed by atoms with Gasteiger partial charge in [-0.05, 0) is 49.5 Å². The molecule has 0 radical (unpaired) electrons. The monoisotopic (exact) mass is 483 g/mol. The Balaban J connectivity index is 1.61. The van der Waals surface area contributed by atoms with E-state index in [0.29, 0.717) is 37.3 Å². The van der Waals surface area contributed by atoms with Crippen LogP contribution in [0.4, 0.5) is 0 Å². The number of pyridine rings is 1. The molecule has 4 rings (SSSR count). The average Bonchev–Trinajstić information content (AvgIpc) is 3.36. The van der Waals surface area contributed by atoms with E-state index in [1.54, 1.807) is 11.0 Å². The maximum atomic E-state index is 13.7. The fourth-order valence-corrected chi connectivity index (χ4v) is 5.15. The molecule has 9 nitrogen and oxygen atoms in total. The molecule has 0 saturated carbocycles. The Bertz CT molecular complexity index is 1210. The van der Waals surface area contributed by atoms with Crippen LogP contribution >= 0.6 is 0 Å². The van der Waals surface area contributed by atoms with Crippen LogP contribution in [0, 0.1) is 11.8 Å². The zero-order valence-corrected chi connectivity index (χ0v) is 21.3. The summed E-state index contributed by atoms with van der Waals surface area (Å²) in [6, 6.07) is 1.71. The lowest BCUT2D eigenvalue weighted by atomic mass is 9.92. The van der Waals surface area contributed by atoms with Crippen LogP contribution in [-0.4, -0.2) is 62.3 Å². The van der Waals surface area contributed by atoms with Gasteiger partial charge in [-0.1, -0.05) is 27.7 Å². The predicted octanol–water partition coefficient (Wildman–Crippen LogP) is 2.73. The highest BCUT2D eigenvalue weighted by Crippen LogP contribution is 2.26. The van der Waals surface area contributed by atoms with Crippen molar-refractivity contribution in [3.8, 4) is 0 Å². The lowest BCUT2D eigenvalue weighted by Crippen LogP contribution is -2.41. The number of aromatic amines is 1. The molecule has 2 aliphatic heterocycles. The summed E-state index contributed by atoms with van der Waals surface area (Å²) in [6.07, 6.45) is 4.24. The van der Waals surface area contributed by atoms with Gasteiger partial charge in [0.05, 0.1) is 10.9 Å². The molecule has 2 saturated heterocycles. The van der Waals surface area contributed by atoms with Crippen LogP contribution in [0.5, 0.6) is 0 Å². The van der Waals surface area contributed by atoms with Gasteiger partial charge in [0.1, 0.15) is 0 Å². The van der Waals surface area contributed by atoms with Gasteiger partial charge < -0.3 is 9.80 Å². The number of amides is 2. The molecule has 190 valence electrons. The van der Waals surface area contributed by atoms with Crippen LogP contribution in [-0.2, 0) is 11.3 Å². The topological polar surface area (TPSA) is 108 Å². The number of hydrogen-bond acceptors (Lipinski definition) is 5. The van der Waals surface area contributed by atoms with Crippen molar-refractivity contribution in [2.75, 3.05) is 26.2 Å². The fraction of sp³-hybridized carbons (Fsp3) is 0.654. The minimum atomic E-state index is -0.581. The van der Waals surface area contributed by atoms with Crippen molar-refractivity contribution in [1.82, 2.24) is 24.3 Å². The van der Waals surface area contributed by atoms with Gasteiger partial charge in [-0.25, -0.2) is 9.78 Å². The van der Waals surface area contributed by atoms with Gasteiger partial charge in [0.25, 0.3) is 11.5 Å². The summed E-state index contributed by atoms with van der Waals surface area (Å²) in [6.45, 7) is 11.1. The molecule has 2 aromatic rings. The minimum Gasteiger partial charge on any atom is -0.343 e. The number of aromatic nitrogens is 3. The van der Waals surface area contributed by atoms with Crippen molar-refractivity contribution < 1.29 is 9.59 Å². The Kier molecular flexibility index (Phi) is 7.42. The summed E-state index contributed by atoms with van der Waals surface area (Å²) in [5.41, 5.74) is 0.153. The molecule has 9 heteroatoms. The fourth-order valence-electron chi connectivity index (χ4n) is 5.15. The van der Waals surface area contributed by atoms with Crippen LogP contribution in [0.25, 0.3) is 11.0 Å². The standard InChI is InChI=1S/C26H37N5O4/c1-16(2)15-31-23-22(24(33)28-26(31)35)19(14-20(27-23)17(3)4)25(34)30-11-7-18(8-12-30)13-21(32)29-9-5-6-10-29/h14,16-18H,5-13,15H2,1-4H3,(H,28,33,35). The second-order valence-corrected chi connectivity index (χ2v) is 10.7. The van der Waals surface area contributed by atoms with Crippen molar-refractivity contribution in [2.45, 2.75) is 72.3 Å². The Morgan fingerprint density at radius 3 is 2.29 bits per heavy atom. The molecule has 2 fully saturated rings. The molecule has 1 N–H and O–H groups in total. The summed E-state index contributed by atoms with van der Waals surface area (Å²) in [4.78, 5) is 62.5. The molecule has 0 spiro atoms. The van der Waals surface area contributed by atoms with Crippen LogP contribution in [0.3, 0.4) is 0 Å². The first kappa shape index (κ1) is 25.1. The van der Waals surface area contributed by atoms with Gasteiger partial charge in [-0.15, -0.1) is 0 Å². The Hall–Kier alpha value is -2.97. The van der Waals surface area contributed by atoms with E-state index in [0.717, 1.165) is 38.8 Å². The molecular formula is C26H37N5O4. The number of piperidine rings is 1. The molecule has 0 atom stereocenters. The second kappa shape index (κ2) is 10.3. The summed E-state index contributed by atoms with van der Waals surface area (Å²) < 4.78 is 1.47. The number of carbonyl (C=O) groups is 2. The molecule has 0 aliphatic carbocycles. The molecule has 35 heavy (non-hydrogen) atoms. The largest absolute Gasteiger partial charge is 0.343 e. The van der Waals surface area contributed by atoms with Gasteiger partial charge in [-0.3, -0.25) is 23.9 Å². The number of rotatable bonds is 6. The maximum Gasteiger partial charge on any atom is 0.330 e. The highest BCUT2D eigenvalue weighted by atomic mass is 16.2. The van der Waals surface area contributed by atoms with Crippen molar-refractivity contribution in [3.05, 3.63) is 38.2 Å². The Morgan fingerprint density at radius 1 is 1.03 bits per heavy atom. The summed E-state index contributed by atoms with van der Waals surface area (Å²) in [7, 11) is 0. The number of likely N-dealkylation sites (tertiary alicyclic amines) is 2. The van der Waals surface area contributed by atoms with E-state index in [2.05, 4.69) is 9.97 Å². The van der Waals surface area contributed by atoms with Gasteiger partial charge in [0.15, 0.2) is 5.65 Å².